The van der Waals surface area contributed by atoms with Crippen LogP contribution < -0.4 is 5.32 Å². The van der Waals surface area contributed by atoms with Gasteiger partial charge in [0.1, 0.15) is 5.82 Å². The standard InChI is InChI=1S/C15H13FN2O/c16-12-5-3-10-4-6-14(13(10)8-12)18-15(19)11-2-1-7-17-9-11/h1-3,5,7-9,14H,4,6H2,(H,18,19)/t14-/m1/s1. The van der Waals surface area contributed by atoms with E-state index in [1.807, 2.05) is 0 Å². The molecule has 1 aromatic heterocycles. The zero-order valence-electron chi connectivity index (χ0n) is 10.3. The SMILES string of the molecule is O=C(N[C@@H]1CCc2ccc(F)cc21)c1cccnc1. The second-order valence-corrected chi connectivity index (χ2v) is 4.65. The van der Waals surface area contributed by atoms with E-state index >= 15 is 0 Å². The summed E-state index contributed by atoms with van der Waals surface area (Å²) >= 11 is 0. The topological polar surface area (TPSA) is 42.0 Å². The highest BCUT2D eigenvalue weighted by Gasteiger charge is 2.24. The van der Waals surface area contributed by atoms with Gasteiger partial charge in [-0.2, -0.15) is 0 Å². The highest BCUT2D eigenvalue weighted by molar-refractivity contribution is 5.94. The molecule has 96 valence electrons. The lowest BCUT2D eigenvalue weighted by atomic mass is 10.1. The molecule has 1 N–H and O–H groups in total. The molecule has 3 rings (SSSR count). The van der Waals surface area contributed by atoms with Crippen molar-refractivity contribution in [3.05, 3.63) is 65.2 Å². The number of amides is 1. The second-order valence-electron chi connectivity index (χ2n) is 4.65. The summed E-state index contributed by atoms with van der Waals surface area (Å²) in [5.74, 6) is -0.434. The van der Waals surface area contributed by atoms with Crippen LogP contribution in [0.1, 0.15) is 33.9 Å². The number of halogens is 1. The quantitative estimate of drug-likeness (QED) is 0.897. The molecular weight excluding hydrogens is 243 g/mol. The number of fused-ring (bicyclic) bond motifs is 1. The average molecular weight is 256 g/mol. The average Bonchev–Trinajstić information content (AvgIpc) is 2.82. The van der Waals surface area contributed by atoms with Crippen LogP contribution >= 0.6 is 0 Å². The lowest BCUT2D eigenvalue weighted by Gasteiger charge is -2.14. The molecule has 1 aliphatic rings. The summed E-state index contributed by atoms with van der Waals surface area (Å²) in [4.78, 5) is 16.0. The summed E-state index contributed by atoms with van der Waals surface area (Å²) in [6.07, 6.45) is 4.83. The summed E-state index contributed by atoms with van der Waals surface area (Å²) in [7, 11) is 0. The molecule has 19 heavy (non-hydrogen) atoms. The number of pyridine rings is 1. The second kappa shape index (κ2) is 4.80. The highest BCUT2D eigenvalue weighted by Crippen LogP contribution is 2.31. The fourth-order valence-corrected chi connectivity index (χ4v) is 2.46. The number of carbonyl (C=O) groups is 1. The fraction of sp³-hybridized carbons (Fsp3) is 0.200. The first kappa shape index (κ1) is 11.8. The minimum atomic E-state index is -0.263. The maximum atomic E-state index is 13.3. The molecule has 0 spiro atoms. The molecular formula is C15H13FN2O. The predicted octanol–water partition coefficient (Wildman–Crippen LogP) is 2.64. The van der Waals surface area contributed by atoms with Gasteiger partial charge in [-0.15, -0.1) is 0 Å². The predicted molar refractivity (Wildman–Crippen MR) is 69.2 cm³/mol. The van der Waals surface area contributed by atoms with Crippen molar-refractivity contribution in [1.29, 1.82) is 0 Å². The van der Waals surface area contributed by atoms with Gasteiger partial charge in [-0.3, -0.25) is 9.78 Å². The molecule has 0 aliphatic heterocycles. The zero-order chi connectivity index (χ0) is 13.2. The third kappa shape index (κ3) is 2.34. The van der Waals surface area contributed by atoms with Gasteiger partial charge < -0.3 is 5.32 Å². The van der Waals surface area contributed by atoms with Gasteiger partial charge in [0.05, 0.1) is 11.6 Å². The van der Waals surface area contributed by atoms with Crippen molar-refractivity contribution >= 4 is 5.91 Å². The van der Waals surface area contributed by atoms with E-state index in [0.29, 0.717) is 5.56 Å². The van der Waals surface area contributed by atoms with E-state index in [-0.39, 0.29) is 17.8 Å². The maximum absolute atomic E-state index is 13.3. The van der Waals surface area contributed by atoms with Crippen LogP contribution in [-0.4, -0.2) is 10.9 Å². The van der Waals surface area contributed by atoms with Crippen LogP contribution in [0.2, 0.25) is 0 Å². The first-order valence-electron chi connectivity index (χ1n) is 6.23. The van der Waals surface area contributed by atoms with Gasteiger partial charge in [-0.05, 0) is 48.2 Å². The summed E-state index contributed by atoms with van der Waals surface area (Å²) in [5, 5.41) is 2.93. The van der Waals surface area contributed by atoms with Crippen LogP contribution in [0.25, 0.3) is 0 Å². The van der Waals surface area contributed by atoms with Crippen molar-refractivity contribution in [2.45, 2.75) is 18.9 Å². The van der Waals surface area contributed by atoms with Gasteiger partial charge in [0.2, 0.25) is 0 Å². The summed E-state index contributed by atoms with van der Waals surface area (Å²) in [6, 6.07) is 8.08. The molecule has 0 saturated heterocycles. The van der Waals surface area contributed by atoms with Crippen molar-refractivity contribution < 1.29 is 9.18 Å². The van der Waals surface area contributed by atoms with Crippen LogP contribution in [0.5, 0.6) is 0 Å². The number of nitrogens with one attached hydrogen (secondary N) is 1. The maximum Gasteiger partial charge on any atom is 0.253 e. The molecule has 1 heterocycles. The molecule has 1 atom stereocenters. The first-order valence-corrected chi connectivity index (χ1v) is 6.23. The Kier molecular flexibility index (Phi) is 2.99. The van der Waals surface area contributed by atoms with Gasteiger partial charge >= 0.3 is 0 Å². The van der Waals surface area contributed by atoms with Crippen molar-refractivity contribution in [1.82, 2.24) is 10.3 Å². The molecule has 3 nitrogen and oxygen atoms in total. The number of aryl methyl sites for hydroxylation is 1. The van der Waals surface area contributed by atoms with Crippen molar-refractivity contribution in [2.75, 3.05) is 0 Å². The highest BCUT2D eigenvalue weighted by atomic mass is 19.1. The third-order valence-corrected chi connectivity index (χ3v) is 3.41. The van der Waals surface area contributed by atoms with Crippen LogP contribution in [-0.2, 0) is 6.42 Å². The lowest BCUT2D eigenvalue weighted by molar-refractivity contribution is 0.0936. The zero-order valence-corrected chi connectivity index (χ0v) is 10.3. The van der Waals surface area contributed by atoms with Crippen LogP contribution in [0.3, 0.4) is 0 Å². The number of benzene rings is 1. The van der Waals surface area contributed by atoms with Crippen molar-refractivity contribution in [3.63, 3.8) is 0 Å². The van der Waals surface area contributed by atoms with Gasteiger partial charge in [0, 0.05) is 12.4 Å². The largest absolute Gasteiger partial charge is 0.345 e. The third-order valence-electron chi connectivity index (χ3n) is 3.41. The minimum absolute atomic E-state index is 0.113. The molecule has 4 heteroatoms. The summed E-state index contributed by atoms with van der Waals surface area (Å²) in [5.41, 5.74) is 2.52. The lowest BCUT2D eigenvalue weighted by Crippen LogP contribution is -2.27. The summed E-state index contributed by atoms with van der Waals surface area (Å²) in [6.45, 7) is 0. The van der Waals surface area contributed by atoms with Gasteiger partial charge in [0.15, 0.2) is 0 Å². The molecule has 1 aliphatic carbocycles. The van der Waals surface area contributed by atoms with E-state index in [1.165, 1.54) is 18.3 Å². The van der Waals surface area contributed by atoms with E-state index < -0.39 is 0 Å². The first-order chi connectivity index (χ1) is 9.24. The number of aromatic nitrogens is 1. The van der Waals surface area contributed by atoms with E-state index in [4.69, 9.17) is 0 Å². The van der Waals surface area contributed by atoms with Crippen LogP contribution in [0.4, 0.5) is 4.39 Å². The Balaban J connectivity index is 1.80. The smallest absolute Gasteiger partial charge is 0.253 e. The summed E-state index contributed by atoms with van der Waals surface area (Å²) < 4.78 is 13.3. The van der Waals surface area contributed by atoms with E-state index in [9.17, 15) is 9.18 Å². The van der Waals surface area contributed by atoms with E-state index in [1.54, 1.807) is 24.4 Å². The Morgan fingerprint density at radius 3 is 3.05 bits per heavy atom. The minimum Gasteiger partial charge on any atom is -0.345 e. The fourth-order valence-electron chi connectivity index (χ4n) is 2.46. The van der Waals surface area contributed by atoms with Gasteiger partial charge in [-0.25, -0.2) is 4.39 Å². The molecule has 0 fully saturated rings. The van der Waals surface area contributed by atoms with E-state index in [2.05, 4.69) is 10.3 Å². The van der Waals surface area contributed by atoms with Crippen molar-refractivity contribution in [3.8, 4) is 0 Å². The van der Waals surface area contributed by atoms with E-state index in [0.717, 1.165) is 24.0 Å². The number of hydrogen-bond donors (Lipinski definition) is 1. The Morgan fingerprint density at radius 1 is 1.37 bits per heavy atom. The molecule has 0 bridgehead atoms. The Hall–Kier alpha value is -2.23. The van der Waals surface area contributed by atoms with Crippen LogP contribution in [0, 0.1) is 5.82 Å². The molecule has 1 amide bonds. The Morgan fingerprint density at radius 2 is 2.26 bits per heavy atom. The molecule has 0 radical (unpaired) electrons. The number of rotatable bonds is 2. The molecule has 1 aromatic carbocycles. The molecule has 0 unspecified atom stereocenters. The van der Waals surface area contributed by atoms with Crippen LogP contribution in [0.15, 0.2) is 42.7 Å². The Bertz CT molecular complexity index is 613. The molecule has 2 aromatic rings. The molecule has 0 saturated carbocycles. The van der Waals surface area contributed by atoms with Gasteiger partial charge in [0.25, 0.3) is 5.91 Å². The van der Waals surface area contributed by atoms with Crippen molar-refractivity contribution in [2.24, 2.45) is 0 Å². The number of carbonyl (C=O) groups excluding carboxylic acids is 1. The number of hydrogen-bond acceptors (Lipinski definition) is 2. The normalized spacial score (nSPS) is 17.0. The monoisotopic (exact) mass is 256 g/mol. The number of nitrogens with zero attached hydrogens (tertiary/aromatic N) is 1. The van der Waals surface area contributed by atoms with Gasteiger partial charge in [-0.1, -0.05) is 6.07 Å². The Labute approximate surface area is 110 Å².